The lowest BCUT2D eigenvalue weighted by molar-refractivity contribution is -0.138. The van der Waals surface area contributed by atoms with Crippen molar-refractivity contribution >= 4 is 6.47 Å². The van der Waals surface area contributed by atoms with E-state index in [1.807, 2.05) is 20.8 Å². The monoisotopic (exact) mass is 216 g/mol. The van der Waals surface area contributed by atoms with Crippen LogP contribution in [0.3, 0.4) is 0 Å². The topological polar surface area (TPSA) is 64.3 Å². The highest BCUT2D eigenvalue weighted by molar-refractivity contribution is 5.37. The molecule has 15 heavy (non-hydrogen) atoms. The highest BCUT2D eigenvalue weighted by Gasteiger charge is 2.20. The summed E-state index contributed by atoms with van der Waals surface area (Å²) in [4.78, 5) is 9.60. The number of hydrogen-bond acceptors (Lipinski definition) is 4. The fraction of sp³-hybridized carbons (Fsp3) is 0.909. The van der Waals surface area contributed by atoms with Gasteiger partial charge < -0.3 is 15.8 Å². The number of carbonyl (C=O) groups excluding carboxylic acids is 1. The van der Waals surface area contributed by atoms with E-state index in [9.17, 15) is 4.79 Å². The quantitative estimate of drug-likeness (QED) is 0.643. The van der Waals surface area contributed by atoms with Crippen LogP contribution in [0.4, 0.5) is 0 Å². The molecule has 0 radical (unpaired) electrons. The third-order valence-electron chi connectivity index (χ3n) is 2.03. The van der Waals surface area contributed by atoms with Crippen molar-refractivity contribution in [1.82, 2.24) is 5.32 Å². The summed E-state index contributed by atoms with van der Waals surface area (Å²) in [5, 5.41) is 3.25. The van der Waals surface area contributed by atoms with E-state index < -0.39 is 0 Å². The van der Waals surface area contributed by atoms with E-state index >= 15 is 0 Å². The predicted molar refractivity (Wildman–Crippen MR) is 61.6 cm³/mol. The number of nitrogens with one attached hydrogen (secondary N) is 1. The Labute approximate surface area is 92.6 Å². The van der Waals surface area contributed by atoms with Gasteiger partial charge in [-0.2, -0.15) is 0 Å². The molecule has 1 fully saturated rings. The van der Waals surface area contributed by atoms with Gasteiger partial charge in [0.15, 0.2) is 0 Å². The van der Waals surface area contributed by atoms with Crippen molar-refractivity contribution in [3.8, 4) is 0 Å². The summed E-state index contributed by atoms with van der Waals surface area (Å²) in [7, 11) is 0. The second-order valence-electron chi connectivity index (χ2n) is 5.26. The third-order valence-corrected chi connectivity index (χ3v) is 2.03. The van der Waals surface area contributed by atoms with Crippen LogP contribution in [0.15, 0.2) is 0 Å². The first-order valence-corrected chi connectivity index (χ1v) is 5.38. The molecular formula is C11H24N2O2. The zero-order chi connectivity index (χ0) is 11.9. The molecule has 0 spiro atoms. The zero-order valence-corrected chi connectivity index (χ0v) is 10.3. The van der Waals surface area contributed by atoms with Crippen LogP contribution in [-0.4, -0.2) is 30.7 Å². The van der Waals surface area contributed by atoms with Crippen LogP contribution in [0.2, 0.25) is 0 Å². The highest BCUT2D eigenvalue weighted by atomic mass is 16.5. The molecule has 1 atom stereocenters. The standard InChI is InChI=1S/C6H14N2.C5H10O2/c1-6(7)3-2-4-8-5-6;1-5(2,3)7-4-6/h8H,2-5,7H2,1H3;4H,1-3H3. The Kier molecular flexibility index (Phi) is 5.83. The maximum Gasteiger partial charge on any atom is 0.293 e. The molecule has 0 saturated carbocycles. The van der Waals surface area contributed by atoms with E-state index in [1.54, 1.807) is 0 Å². The summed E-state index contributed by atoms with van der Waals surface area (Å²) in [6.45, 7) is 10.1. The summed E-state index contributed by atoms with van der Waals surface area (Å²) >= 11 is 0. The second kappa shape index (κ2) is 6.08. The van der Waals surface area contributed by atoms with Gasteiger partial charge in [-0.15, -0.1) is 0 Å². The van der Waals surface area contributed by atoms with Crippen molar-refractivity contribution < 1.29 is 9.53 Å². The Bertz CT molecular complexity index is 178. The largest absolute Gasteiger partial charge is 0.462 e. The predicted octanol–water partition coefficient (Wildman–Crippen LogP) is 1.05. The smallest absolute Gasteiger partial charge is 0.293 e. The fourth-order valence-corrected chi connectivity index (χ4v) is 1.22. The van der Waals surface area contributed by atoms with Crippen molar-refractivity contribution in [2.24, 2.45) is 5.73 Å². The number of rotatable bonds is 1. The Morgan fingerprint density at radius 3 is 2.20 bits per heavy atom. The summed E-state index contributed by atoms with van der Waals surface area (Å²) < 4.78 is 4.55. The molecule has 1 saturated heterocycles. The lowest BCUT2D eigenvalue weighted by atomic mass is 9.94. The minimum Gasteiger partial charge on any atom is -0.462 e. The van der Waals surface area contributed by atoms with Crippen molar-refractivity contribution in [2.45, 2.75) is 51.7 Å². The van der Waals surface area contributed by atoms with Gasteiger partial charge in [-0.1, -0.05) is 0 Å². The van der Waals surface area contributed by atoms with E-state index in [4.69, 9.17) is 5.73 Å². The van der Waals surface area contributed by atoms with E-state index in [0.29, 0.717) is 6.47 Å². The first-order chi connectivity index (χ1) is 6.77. The number of carbonyl (C=O) groups is 1. The van der Waals surface area contributed by atoms with Gasteiger partial charge >= 0.3 is 0 Å². The van der Waals surface area contributed by atoms with Crippen LogP contribution in [0, 0.1) is 0 Å². The molecule has 1 heterocycles. The molecule has 0 amide bonds. The average Bonchev–Trinajstić information content (AvgIpc) is 2.02. The van der Waals surface area contributed by atoms with Crippen molar-refractivity contribution in [3.63, 3.8) is 0 Å². The Balaban J connectivity index is 0.000000265. The zero-order valence-electron chi connectivity index (χ0n) is 10.3. The normalized spacial score (nSPS) is 26.2. The van der Waals surface area contributed by atoms with E-state index in [1.165, 1.54) is 12.8 Å². The number of nitrogens with two attached hydrogens (primary N) is 1. The summed E-state index contributed by atoms with van der Waals surface area (Å²) in [6, 6.07) is 0. The van der Waals surface area contributed by atoms with Crippen molar-refractivity contribution in [1.29, 1.82) is 0 Å². The Morgan fingerprint density at radius 2 is 2.07 bits per heavy atom. The van der Waals surface area contributed by atoms with Crippen LogP contribution in [0.5, 0.6) is 0 Å². The van der Waals surface area contributed by atoms with Crippen LogP contribution >= 0.6 is 0 Å². The SMILES string of the molecule is CC(C)(C)OC=O.CC1(N)CCCNC1. The molecule has 0 bridgehead atoms. The van der Waals surface area contributed by atoms with Gasteiger partial charge in [0.25, 0.3) is 6.47 Å². The van der Waals surface area contributed by atoms with Gasteiger partial charge in [0.05, 0.1) is 0 Å². The van der Waals surface area contributed by atoms with Crippen LogP contribution in [-0.2, 0) is 9.53 Å². The van der Waals surface area contributed by atoms with E-state index in [2.05, 4.69) is 17.0 Å². The molecule has 1 aliphatic heterocycles. The van der Waals surface area contributed by atoms with E-state index in [0.717, 1.165) is 13.1 Å². The van der Waals surface area contributed by atoms with Crippen LogP contribution in [0.25, 0.3) is 0 Å². The van der Waals surface area contributed by atoms with Crippen molar-refractivity contribution in [2.75, 3.05) is 13.1 Å². The van der Waals surface area contributed by atoms with Gasteiger partial charge in [0.1, 0.15) is 5.60 Å². The Morgan fingerprint density at radius 1 is 1.47 bits per heavy atom. The van der Waals surface area contributed by atoms with Crippen LogP contribution < -0.4 is 11.1 Å². The van der Waals surface area contributed by atoms with Gasteiger partial charge in [0, 0.05) is 12.1 Å². The molecule has 4 heteroatoms. The molecular weight excluding hydrogens is 192 g/mol. The van der Waals surface area contributed by atoms with Crippen molar-refractivity contribution in [3.05, 3.63) is 0 Å². The lowest BCUT2D eigenvalue weighted by Gasteiger charge is -2.29. The Hall–Kier alpha value is -0.610. The number of ether oxygens (including phenoxy) is 1. The first kappa shape index (κ1) is 14.4. The highest BCUT2D eigenvalue weighted by Crippen LogP contribution is 2.10. The summed E-state index contributed by atoms with van der Waals surface area (Å²) in [6.07, 6.45) is 2.40. The summed E-state index contributed by atoms with van der Waals surface area (Å²) in [5.41, 5.74) is 5.57. The maximum atomic E-state index is 9.60. The van der Waals surface area contributed by atoms with Gasteiger partial charge in [-0.05, 0) is 47.1 Å². The number of piperidine rings is 1. The van der Waals surface area contributed by atoms with Gasteiger partial charge in [-0.25, -0.2) is 0 Å². The average molecular weight is 216 g/mol. The minimum absolute atomic E-state index is 0.0677. The van der Waals surface area contributed by atoms with Gasteiger partial charge in [-0.3, -0.25) is 4.79 Å². The molecule has 0 aromatic rings. The maximum absolute atomic E-state index is 9.60. The fourth-order valence-electron chi connectivity index (χ4n) is 1.22. The molecule has 90 valence electrons. The van der Waals surface area contributed by atoms with E-state index in [-0.39, 0.29) is 11.1 Å². The molecule has 1 aliphatic rings. The third kappa shape index (κ3) is 9.69. The molecule has 1 rings (SSSR count). The second-order valence-corrected chi connectivity index (χ2v) is 5.26. The molecule has 0 aliphatic carbocycles. The minimum atomic E-state index is -0.318. The number of hydrogen-bond donors (Lipinski definition) is 2. The lowest BCUT2D eigenvalue weighted by Crippen LogP contribution is -2.50. The molecule has 4 nitrogen and oxygen atoms in total. The molecule has 1 unspecified atom stereocenters. The summed E-state index contributed by atoms with van der Waals surface area (Å²) in [5.74, 6) is 0. The molecule has 0 aromatic carbocycles. The van der Waals surface area contributed by atoms with Crippen LogP contribution in [0.1, 0.15) is 40.5 Å². The molecule has 0 aromatic heterocycles. The first-order valence-electron chi connectivity index (χ1n) is 5.38. The van der Waals surface area contributed by atoms with Gasteiger partial charge in [0.2, 0.25) is 0 Å². The molecule has 3 N–H and O–H groups in total.